The summed E-state index contributed by atoms with van der Waals surface area (Å²) >= 11 is 0. The fourth-order valence-corrected chi connectivity index (χ4v) is 3.65. The Balaban J connectivity index is 1.48. The minimum atomic E-state index is 0.127. The molecule has 3 aliphatic rings. The Hall–Kier alpha value is -0.0800. The van der Waals surface area contributed by atoms with E-state index in [1.54, 1.807) is 0 Å². The Labute approximate surface area is 92.3 Å². The molecule has 2 nitrogen and oxygen atoms in total. The molecule has 86 valence electrons. The lowest BCUT2D eigenvalue weighted by molar-refractivity contribution is -0.187. The summed E-state index contributed by atoms with van der Waals surface area (Å²) in [4.78, 5) is 0. The van der Waals surface area contributed by atoms with Crippen molar-refractivity contribution in [2.45, 2.75) is 63.8 Å². The maximum Gasteiger partial charge on any atom is 0.157 e. The van der Waals surface area contributed by atoms with Gasteiger partial charge in [-0.2, -0.15) is 0 Å². The monoisotopic (exact) mass is 210 g/mol. The van der Waals surface area contributed by atoms with Crippen LogP contribution in [-0.4, -0.2) is 19.0 Å². The zero-order valence-corrected chi connectivity index (χ0v) is 9.49. The molecule has 1 heterocycles. The van der Waals surface area contributed by atoms with Crippen LogP contribution in [0, 0.1) is 11.8 Å². The summed E-state index contributed by atoms with van der Waals surface area (Å²) in [5.74, 6) is 1.97. The molecule has 15 heavy (non-hydrogen) atoms. The van der Waals surface area contributed by atoms with Crippen LogP contribution in [0.3, 0.4) is 0 Å². The van der Waals surface area contributed by atoms with E-state index in [1.165, 1.54) is 44.9 Å². The fourth-order valence-electron chi connectivity index (χ4n) is 3.65. The Bertz CT molecular complexity index is 199. The first-order valence-corrected chi connectivity index (χ1v) is 6.69. The average molecular weight is 210 g/mol. The minimum absolute atomic E-state index is 0.127. The van der Waals surface area contributed by atoms with Gasteiger partial charge >= 0.3 is 0 Å². The molecule has 0 spiro atoms. The molecular weight excluding hydrogens is 188 g/mol. The summed E-state index contributed by atoms with van der Waals surface area (Å²) in [7, 11) is 0. The van der Waals surface area contributed by atoms with E-state index < -0.39 is 0 Å². The molecule has 1 saturated heterocycles. The zero-order chi connectivity index (χ0) is 10.1. The normalized spacial score (nSPS) is 45.6. The Morgan fingerprint density at radius 3 is 2.33 bits per heavy atom. The molecule has 3 rings (SSSR count). The quantitative estimate of drug-likeness (QED) is 0.697. The molecule has 3 fully saturated rings. The number of hydrogen-bond donors (Lipinski definition) is 0. The molecule has 0 radical (unpaired) electrons. The van der Waals surface area contributed by atoms with Gasteiger partial charge in [-0.25, -0.2) is 0 Å². The molecule has 2 aliphatic carbocycles. The van der Waals surface area contributed by atoms with Gasteiger partial charge in [-0.05, 0) is 43.9 Å². The largest absolute Gasteiger partial charge is 0.353 e. The molecule has 1 aliphatic heterocycles. The smallest absolute Gasteiger partial charge is 0.157 e. The van der Waals surface area contributed by atoms with Gasteiger partial charge in [0.25, 0.3) is 0 Å². The molecule has 0 amide bonds. The lowest BCUT2D eigenvalue weighted by Crippen LogP contribution is -2.26. The lowest BCUT2D eigenvalue weighted by Gasteiger charge is -2.26. The van der Waals surface area contributed by atoms with Gasteiger partial charge in [0.1, 0.15) is 0 Å². The van der Waals surface area contributed by atoms with Gasteiger partial charge in [0.05, 0.1) is 6.10 Å². The highest BCUT2D eigenvalue weighted by Crippen LogP contribution is 2.45. The zero-order valence-electron chi connectivity index (χ0n) is 9.49. The Morgan fingerprint density at radius 2 is 1.67 bits per heavy atom. The first-order chi connectivity index (χ1) is 7.42. The van der Waals surface area contributed by atoms with Crippen molar-refractivity contribution in [2.75, 3.05) is 6.61 Å². The molecule has 0 aromatic rings. The summed E-state index contributed by atoms with van der Waals surface area (Å²) in [6.07, 6.45) is 11.3. The summed E-state index contributed by atoms with van der Waals surface area (Å²) in [6.45, 7) is 0.907. The molecule has 2 heteroatoms. The van der Waals surface area contributed by atoms with E-state index in [9.17, 15) is 0 Å². The van der Waals surface area contributed by atoms with Crippen LogP contribution < -0.4 is 0 Å². The standard InChI is InChI=1S/C13H22O2/c1-2-7-14-13(6-1)15-12-8-10-4-3-5-11(10)9-12/h10-13H,1-9H2. The van der Waals surface area contributed by atoms with Crippen molar-refractivity contribution in [3.05, 3.63) is 0 Å². The maximum atomic E-state index is 6.07. The van der Waals surface area contributed by atoms with E-state index in [4.69, 9.17) is 9.47 Å². The van der Waals surface area contributed by atoms with Gasteiger partial charge < -0.3 is 9.47 Å². The van der Waals surface area contributed by atoms with Crippen LogP contribution in [0.1, 0.15) is 51.4 Å². The van der Waals surface area contributed by atoms with E-state index in [1.807, 2.05) is 0 Å². The number of fused-ring (bicyclic) bond motifs is 1. The van der Waals surface area contributed by atoms with Gasteiger partial charge in [0.15, 0.2) is 6.29 Å². The second-order valence-corrected chi connectivity index (χ2v) is 5.48. The van der Waals surface area contributed by atoms with Crippen molar-refractivity contribution in [3.8, 4) is 0 Å². The minimum Gasteiger partial charge on any atom is -0.353 e. The number of ether oxygens (including phenoxy) is 2. The molecule has 0 aromatic carbocycles. The van der Waals surface area contributed by atoms with E-state index in [-0.39, 0.29) is 6.29 Å². The highest BCUT2D eigenvalue weighted by molar-refractivity contribution is 4.88. The van der Waals surface area contributed by atoms with Crippen molar-refractivity contribution in [3.63, 3.8) is 0 Å². The van der Waals surface area contributed by atoms with Crippen molar-refractivity contribution in [2.24, 2.45) is 11.8 Å². The van der Waals surface area contributed by atoms with Gasteiger partial charge in [0.2, 0.25) is 0 Å². The van der Waals surface area contributed by atoms with Crippen LogP contribution in [0.2, 0.25) is 0 Å². The van der Waals surface area contributed by atoms with Crippen LogP contribution in [0.5, 0.6) is 0 Å². The van der Waals surface area contributed by atoms with Crippen molar-refractivity contribution in [1.29, 1.82) is 0 Å². The third kappa shape index (κ3) is 2.21. The highest BCUT2D eigenvalue weighted by Gasteiger charge is 2.38. The van der Waals surface area contributed by atoms with Crippen molar-refractivity contribution in [1.82, 2.24) is 0 Å². The Kier molecular flexibility index (Phi) is 2.98. The van der Waals surface area contributed by atoms with Gasteiger partial charge in [-0.3, -0.25) is 0 Å². The SMILES string of the molecule is C1CCC(OC2CC3CCCC3C2)OC1. The van der Waals surface area contributed by atoms with E-state index in [0.717, 1.165) is 24.9 Å². The van der Waals surface area contributed by atoms with Gasteiger partial charge in [-0.15, -0.1) is 0 Å². The predicted octanol–water partition coefficient (Wildman–Crippen LogP) is 3.11. The average Bonchev–Trinajstić information content (AvgIpc) is 2.79. The van der Waals surface area contributed by atoms with Crippen molar-refractivity contribution < 1.29 is 9.47 Å². The first kappa shape index (κ1) is 10.1. The summed E-state index contributed by atoms with van der Waals surface area (Å²) in [6, 6.07) is 0. The maximum absolute atomic E-state index is 6.07. The van der Waals surface area contributed by atoms with Crippen LogP contribution in [0.25, 0.3) is 0 Å². The molecule has 0 N–H and O–H groups in total. The third-order valence-corrected chi connectivity index (χ3v) is 4.43. The van der Waals surface area contributed by atoms with E-state index in [2.05, 4.69) is 0 Å². The first-order valence-electron chi connectivity index (χ1n) is 6.69. The summed E-state index contributed by atoms with van der Waals surface area (Å²) < 4.78 is 11.7. The molecule has 3 unspecified atom stereocenters. The lowest BCUT2D eigenvalue weighted by atomic mass is 10.0. The van der Waals surface area contributed by atoms with Crippen LogP contribution in [0.4, 0.5) is 0 Å². The molecule has 3 atom stereocenters. The Morgan fingerprint density at radius 1 is 0.867 bits per heavy atom. The van der Waals surface area contributed by atoms with Gasteiger partial charge in [-0.1, -0.05) is 19.3 Å². The predicted molar refractivity (Wildman–Crippen MR) is 58.5 cm³/mol. The van der Waals surface area contributed by atoms with E-state index in [0.29, 0.717) is 6.10 Å². The molecular formula is C13H22O2. The fraction of sp³-hybridized carbons (Fsp3) is 1.00. The summed E-state index contributed by atoms with van der Waals surface area (Å²) in [5.41, 5.74) is 0. The van der Waals surface area contributed by atoms with Crippen LogP contribution in [0.15, 0.2) is 0 Å². The molecule has 0 aromatic heterocycles. The summed E-state index contributed by atoms with van der Waals surface area (Å²) in [5, 5.41) is 0. The number of hydrogen-bond acceptors (Lipinski definition) is 2. The topological polar surface area (TPSA) is 18.5 Å². The van der Waals surface area contributed by atoms with Crippen LogP contribution >= 0.6 is 0 Å². The van der Waals surface area contributed by atoms with Crippen LogP contribution in [-0.2, 0) is 9.47 Å². The highest BCUT2D eigenvalue weighted by atomic mass is 16.7. The van der Waals surface area contributed by atoms with Gasteiger partial charge in [0, 0.05) is 6.61 Å². The molecule has 2 saturated carbocycles. The second kappa shape index (κ2) is 4.42. The third-order valence-electron chi connectivity index (χ3n) is 4.43. The number of rotatable bonds is 2. The second-order valence-electron chi connectivity index (χ2n) is 5.48. The molecule has 0 bridgehead atoms. The van der Waals surface area contributed by atoms with E-state index >= 15 is 0 Å². The van der Waals surface area contributed by atoms with Crippen molar-refractivity contribution >= 4 is 0 Å².